The highest BCUT2D eigenvalue weighted by Gasteiger charge is 2.15. The van der Waals surface area contributed by atoms with E-state index in [9.17, 15) is 0 Å². The summed E-state index contributed by atoms with van der Waals surface area (Å²) in [5, 5.41) is 3.52. The predicted molar refractivity (Wildman–Crippen MR) is 82.0 cm³/mol. The van der Waals surface area contributed by atoms with Crippen molar-refractivity contribution in [2.24, 2.45) is 0 Å². The molecule has 0 amide bonds. The van der Waals surface area contributed by atoms with Crippen LogP contribution in [0.5, 0.6) is 11.5 Å². The molecule has 4 heteroatoms. The monoisotopic (exact) mass is 333 g/mol. The second-order valence-electron chi connectivity index (χ2n) is 4.81. The molecule has 0 spiro atoms. The number of benzene rings is 2. The van der Waals surface area contributed by atoms with Crippen LogP contribution in [0.3, 0.4) is 0 Å². The van der Waals surface area contributed by atoms with E-state index < -0.39 is 0 Å². The fourth-order valence-electron chi connectivity index (χ4n) is 2.21. The summed E-state index contributed by atoms with van der Waals surface area (Å²) in [4.78, 5) is 0. The van der Waals surface area contributed by atoms with Gasteiger partial charge in [0.05, 0.1) is 0 Å². The molecule has 1 atom stereocenters. The first-order valence-electron chi connectivity index (χ1n) is 6.60. The molecule has 0 fully saturated rings. The molecule has 20 heavy (non-hydrogen) atoms. The molecule has 2 aromatic carbocycles. The Kier molecular flexibility index (Phi) is 3.94. The molecule has 0 aliphatic carbocycles. The van der Waals surface area contributed by atoms with Crippen molar-refractivity contribution in [3.05, 3.63) is 58.1 Å². The van der Waals surface area contributed by atoms with Crippen LogP contribution < -0.4 is 14.8 Å². The molecule has 0 saturated heterocycles. The zero-order chi connectivity index (χ0) is 13.9. The largest absolute Gasteiger partial charge is 0.454 e. The van der Waals surface area contributed by atoms with E-state index in [1.807, 2.05) is 24.3 Å². The van der Waals surface area contributed by atoms with E-state index in [0.717, 1.165) is 22.5 Å². The summed E-state index contributed by atoms with van der Waals surface area (Å²) in [6, 6.07) is 14.6. The molecular formula is C16H16BrNO2. The maximum Gasteiger partial charge on any atom is 0.231 e. The highest BCUT2D eigenvalue weighted by atomic mass is 79.9. The molecule has 0 aromatic heterocycles. The Hall–Kier alpha value is -1.52. The Morgan fingerprint density at radius 1 is 1.15 bits per heavy atom. The average Bonchev–Trinajstić information content (AvgIpc) is 2.93. The lowest BCUT2D eigenvalue weighted by molar-refractivity contribution is 0.174. The van der Waals surface area contributed by atoms with Crippen molar-refractivity contribution in [1.82, 2.24) is 5.32 Å². The standard InChI is InChI=1S/C16H16BrNO2/c1-11(18-9-13-4-2-3-5-14(13)17)12-6-7-15-16(8-12)20-10-19-15/h2-8,11,18H,9-10H2,1H3. The Morgan fingerprint density at radius 3 is 2.80 bits per heavy atom. The zero-order valence-corrected chi connectivity index (χ0v) is 12.8. The van der Waals surface area contributed by atoms with Crippen molar-refractivity contribution in [2.45, 2.75) is 19.5 Å². The maximum absolute atomic E-state index is 5.41. The van der Waals surface area contributed by atoms with Crippen molar-refractivity contribution in [1.29, 1.82) is 0 Å². The van der Waals surface area contributed by atoms with Gasteiger partial charge in [0, 0.05) is 17.1 Å². The van der Waals surface area contributed by atoms with E-state index in [2.05, 4.69) is 46.4 Å². The molecular weight excluding hydrogens is 318 g/mol. The quantitative estimate of drug-likeness (QED) is 0.916. The molecule has 1 N–H and O–H groups in total. The van der Waals surface area contributed by atoms with Gasteiger partial charge in [-0.1, -0.05) is 40.2 Å². The predicted octanol–water partition coefficient (Wildman–Crippen LogP) is 4.03. The molecule has 1 heterocycles. The van der Waals surface area contributed by atoms with Gasteiger partial charge in [-0.05, 0) is 36.2 Å². The second-order valence-corrected chi connectivity index (χ2v) is 5.66. The number of halogens is 1. The molecule has 0 saturated carbocycles. The van der Waals surface area contributed by atoms with Gasteiger partial charge in [0.1, 0.15) is 0 Å². The fourth-order valence-corrected chi connectivity index (χ4v) is 2.63. The third-order valence-electron chi connectivity index (χ3n) is 3.45. The summed E-state index contributed by atoms with van der Waals surface area (Å²) in [6.07, 6.45) is 0. The van der Waals surface area contributed by atoms with Gasteiger partial charge in [-0.2, -0.15) is 0 Å². The number of fused-ring (bicyclic) bond motifs is 1. The smallest absolute Gasteiger partial charge is 0.231 e. The van der Waals surface area contributed by atoms with Crippen molar-refractivity contribution in [3.63, 3.8) is 0 Å². The SMILES string of the molecule is CC(NCc1ccccc1Br)c1ccc2c(c1)OCO2. The van der Waals surface area contributed by atoms with Crippen LogP contribution in [0, 0.1) is 0 Å². The number of ether oxygens (including phenoxy) is 2. The first kappa shape index (κ1) is 13.5. The van der Waals surface area contributed by atoms with E-state index >= 15 is 0 Å². The van der Waals surface area contributed by atoms with Crippen LogP contribution in [0.4, 0.5) is 0 Å². The third-order valence-corrected chi connectivity index (χ3v) is 4.23. The molecule has 2 aromatic rings. The van der Waals surface area contributed by atoms with E-state index in [-0.39, 0.29) is 6.04 Å². The molecule has 0 radical (unpaired) electrons. The Bertz CT molecular complexity index is 615. The van der Waals surface area contributed by atoms with Gasteiger partial charge in [-0.3, -0.25) is 0 Å². The van der Waals surface area contributed by atoms with Gasteiger partial charge < -0.3 is 14.8 Å². The molecule has 1 aliphatic heterocycles. The van der Waals surface area contributed by atoms with Crippen LogP contribution in [0.1, 0.15) is 24.1 Å². The molecule has 3 nitrogen and oxygen atoms in total. The summed E-state index contributed by atoms with van der Waals surface area (Å²) < 4.78 is 11.9. The first-order valence-corrected chi connectivity index (χ1v) is 7.39. The zero-order valence-electron chi connectivity index (χ0n) is 11.2. The number of nitrogens with one attached hydrogen (secondary N) is 1. The number of rotatable bonds is 4. The van der Waals surface area contributed by atoms with Crippen molar-refractivity contribution >= 4 is 15.9 Å². The van der Waals surface area contributed by atoms with Crippen molar-refractivity contribution in [3.8, 4) is 11.5 Å². The fraction of sp³-hybridized carbons (Fsp3) is 0.250. The summed E-state index contributed by atoms with van der Waals surface area (Å²) in [5.74, 6) is 1.66. The van der Waals surface area contributed by atoms with Crippen LogP contribution in [-0.2, 0) is 6.54 Å². The number of hydrogen-bond acceptors (Lipinski definition) is 3. The van der Waals surface area contributed by atoms with E-state index in [1.54, 1.807) is 0 Å². The van der Waals surface area contributed by atoms with Gasteiger partial charge >= 0.3 is 0 Å². The van der Waals surface area contributed by atoms with Gasteiger partial charge in [0.25, 0.3) is 0 Å². The normalized spacial score (nSPS) is 14.3. The summed E-state index contributed by atoms with van der Waals surface area (Å²) in [7, 11) is 0. The van der Waals surface area contributed by atoms with Gasteiger partial charge in [0.2, 0.25) is 6.79 Å². The van der Waals surface area contributed by atoms with Crippen LogP contribution in [-0.4, -0.2) is 6.79 Å². The second kappa shape index (κ2) is 5.85. The van der Waals surface area contributed by atoms with Crippen LogP contribution in [0.25, 0.3) is 0 Å². The minimum Gasteiger partial charge on any atom is -0.454 e. The first-order chi connectivity index (χ1) is 9.74. The van der Waals surface area contributed by atoms with Crippen molar-refractivity contribution in [2.75, 3.05) is 6.79 Å². The lowest BCUT2D eigenvalue weighted by Crippen LogP contribution is -2.18. The van der Waals surface area contributed by atoms with E-state index in [4.69, 9.17) is 9.47 Å². The topological polar surface area (TPSA) is 30.5 Å². The Labute approximate surface area is 127 Å². The molecule has 1 unspecified atom stereocenters. The van der Waals surface area contributed by atoms with E-state index in [1.165, 1.54) is 11.1 Å². The molecule has 3 rings (SSSR count). The summed E-state index contributed by atoms with van der Waals surface area (Å²) in [6.45, 7) is 3.28. The average molecular weight is 334 g/mol. The lowest BCUT2D eigenvalue weighted by atomic mass is 10.1. The van der Waals surface area contributed by atoms with Gasteiger partial charge in [-0.25, -0.2) is 0 Å². The number of hydrogen-bond donors (Lipinski definition) is 1. The minimum atomic E-state index is 0.247. The molecule has 0 bridgehead atoms. The van der Waals surface area contributed by atoms with Crippen molar-refractivity contribution < 1.29 is 9.47 Å². The van der Waals surface area contributed by atoms with Gasteiger partial charge in [-0.15, -0.1) is 0 Å². The molecule has 1 aliphatic rings. The lowest BCUT2D eigenvalue weighted by Gasteiger charge is -2.15. The third kappa shape index (κ3) is 2.81. The molecule has 104 valence electrons. The highest BCUT2D eigenvalue weighted by Crippen LogP contribution is 2.34. The van der Waals surface area contributed by atoms with Crippen LogP contribution in [0.2, 0.25) is 0 Å². The maximum atomic E-state index is 5.41. The minimum absolute atomic E-state index is 0.247. The highest BCUT2D eigenvalue weighted by molar-refractivity contribution is 9.10. The summed E-state index contributed by atoms with van der Waals surface area (Å²) in [5.41, 5.74) is 2.45. The van der Waals surface area contributed by atoms with E-state index in [0.29, 0.717) is 6.79 Å². The Morgan fingerprint density at radius 2 is 1.95 bits per heavy atom. The van der Waals surface area contributed by atoms with Gasteiger partial charge in [0.15, 0.2) is 11.5 Å². The van der Waals surface area contributed by atoms with Crippen LogP contribution in [0.15, 0.2) is 46.9 Å². The Balaban J connectivity index is 1.67. The van der Waals surface area contributed by atoms with Crippen LogP contribution >= 0.6 is 15.9 Å². The summed E-state index contributed by atoms with van der Waals surface area (Å²) >= 11 is 3.57.